The number of carbonyl (C=O) groups excluding carboxylic acids is 3. The number of rotatable bonds is 7. The van der Waals surface area contributed by atoms with E-state index in [1.165, 1.54) is 0 Å². The van der Waals surface area contributed by atoms with Crippen LogP contribution < -0.4 is 10.6 Å². The largest absolute Gasteiger partial charge is 0.384 e. The summed E-state index contributed by atoms with van der Waals surface area (Å²) >= 11 is 7.88. The maximum absolute atomic E-state index is 13.2. The predicted octanol–water partition coefficient (Wildman–Crippen LogP) is 6.39. The number of anilines is 1. The number of halogens is 1. The number of amides is 3. The second-order valence-electron chi connectivity index (χ2n) is 15.5. The highest BCUT2D eigenvalue weighted by Crippen LogP contribution is 2.39. The van der Waals surface area contributed by atoms with Crippen LogP contribution in [-0.2, 0) is 22.7 Å². The lowest BCUT2D eigenvalue weighted by Crippen LogP contribution is -2.52. The molecule has 0 aliphatic carbocycles. The molecular formula is C44H42ClN9O3S. The van der Waals surface area contributed by atoms with Gasteiger partial charge >= 0.3 is 0 Å². The molecule has 0 saturated carbocycles. The number of likely N-dealkylation sites (tertiary alicyclic amines) is 1. The number of aromatic nitrogens is 4. The first-order valence-corrected chi connectivity index (χ1v) is 20.9. The number of imide groups is 1. The highest BCUT2D eigenvalue weighted by molar-refractivity contribution is 7.15. The SMILES string of the molecule is Cc1c(C#Cc2ccc(CN3CCC(CNc4cccc5c4CN(C4CCC(=O)NC4=O)C5=O)CC3)nc2)sc2c1C(c1ccc(Cl)cc1)=N[C@@H](C)c1nnc(C)n1-2. The molecule has 0 bridgehead atoms. The molecule has 9 rings (SSSR count). The second-order valence-corrected chi connectivity index (χ2v) is 16.9. The topological polar surface area (TPSA) is 138 Å². The monoisotopic (exact) mass is 811 g/mol. The van der Waals surface area contributed by atoms with Crippen LogP contribution >= 0.6 is 22.9 Å². The highest BCUT2D eigenvalue weighted by Gasteiger charge is 2.40. The van der Waals surface area contributed by atoms with E-state index in [1.54, 1.807) is 16.2 Å². The van der Waals surface area contributed by atoms with Gasteiger partial charge in [0.05, 0.1) is 16.3 Å². The van der Waals surface area contributed by atoms with E-state index in [-0.39, 0.29) is 24.3 Å². The zero-order valence-corrected chi connectivity index (χ0v) is 34.1. The average Bonchev–Trinajstić information content (AvgIpc) is 3.85. The summed E-state index contributed by atoms with van der Waals surface area (Å²) in [5, 5.41) is 16.6. The van der Waals surface area contributed by atoms with Gasteiger partial charge in [0.2, 0.25) is 11.8 Å². The van der Waals surface area contributed by atoms with Gasteiger partial charge in [-0.15, -0.1) is 21.5 Å². The fraction of sp³-hybridized carbons (Fsp3) is 0.341. The predicted molar refractivity (Wildman–Crippen MR) is 223 cm³/mol. The third kappa shape index (κ3) is 7.21. The van der Waals surface area contributed by atoms with Gasteiger partial charge in [0, 0.05) is 70.8 Å². The van der Waals surface area contributed by atoms with Crippen LogP contribution in [0.2, 0.25) is 5.02 Å². The van der Waals surface area contributed by atoms with Gasteiger partial charge in [-0.05, 0) is 101 Å². The summed E-state index contributed by atoms with van der Waals surface area (Å²) in [6, 6.07) is 16.9. The second kappa shape index (κ2) is 15.6. The van der Waals surface area contributed by atoms with E-state index in [1.807, 2.05) is 62.5 Å². The molecule has 2 aromatic carbocycles. The molecule has 2 N–H and O–H groups in total. The maximum Gasteiger partial charge on any atom is 0.255 e. The first-order chi connectivity index (χ1) is 28.1. The third-order valence-electron chi connectivity index (χ3n) is 11.6. The number of nitrogens with zero attached hydrogens (tertiary/aromatic N) is 7. The van der Waals surface area contributed by atoms with Gasteiger partial charge in [-0.1, -0.05) is 41.6 Å². The standard InChI is InChI=1S/C44H42ClN9O3S/c1-25-37(58-44-39(25)40(30-9-11-31(45)12-10-30)48-26(2)41-51-50-27(3)54(41)44)15-8-28-7-13-32(46-21-28)23-52-19-17-29(18-20-52)22-47-35-6-4-5-33-34(35)24-53(43(33)57)36-14-16-38(55)49-42(36)56/h4-7,9-13,21,26,29,36,47H,14,16-20,22-24H2,1-3H3,(H,49,55,56)/t26-,36?/m0/s1. The van der Waals surface area contributed by atoms with Crippen LogP contribution in [0.5, 0.6) is 0 Å². The number of thiophene rings is 1. The lowest BCUT2D eigenvalue weighted by atomic mass is 9.96. The molecule has 58 heavy (non-hydrogen) atoms. The Bertz CT molecular complexity index is 2540. The fourth-order valence-corrected chi connectivity index (χ4v) is 9.75. The Kier molecular flexibility index (Phi) is 10.2. The molecule has 14 heteroatoms. The van der Waals surface area contributed by atoms with Crippen molar-refractivity contribution in [1.29, 1.82) is 0 Å². The van der Waals surface area contributed by atoms with Crippen LogP contribution in [0.1, 0.15) is 99.0 Å². The Morgan fingerprint density at radius 2 is 1.79 bits per heavy atom. The van der Waals surface area contributed by atoms with Crippen molar-refractivity contribution in [3.63, 3.8) is 0 Å². The summed E-state index contributed by atoms with van der Waals surface area (Å²) in [5.74, 6) is 8.09. The molecule has 2 saturated heterocycles. The summed E-state index contributed by atoms with van der Waals surface area (Å²) in [4.78, 5) is 52.4. The molecule has 294 valence electrons. The van der Waals surface area contributed by atoms with Crippen molar-refractivity contribution in [2.45, 2.75) is 71.6 Å². The van der Waals surface area contributed by atoms with Crippen LogP contribution in [0, 0.1) is 31.6 Å². The first kappa shape index (κ1) is 37.9. The number of carbonyl (C=O) groups is 3. The van der Waals surface area contributed by atoms with E-state index in [4.69, 9.17) is 21.6 Å². The van der Waals surface area contributed by atoms with E-state index in [0.29, 0.717) is 29.5 Å². The van der Waals surface area contributed by atoms with Gasteiger partial charge < -0.3 is 10.2 Å². The molecule has 12 nitrogen and oxygen atoms in total. The van der Waals surface area contributed by atoms with Crippen molar-refractivity contribution in [3.8, 4) is 16.8 Å². The Morgan fingerprint density at radius 1 is 0.983 bits per heavy atom. The van der Waals surface area contributed by atoms with Crippen molar-refractivity contribution in [2.24, 2.45) is 10.9 Å². The minimum Gasteiger partial charge on any atom is -0.384 e. The number of hydrogen-bond donors (Lipinski definition) is 2. The summed E-state index contributed by atoms with van der Waals surface area (Å²) < 4.78 is 2.11. The molecule has 7 heterocycles. The van der Waals surface area contributed by atoms with Crippen LogP contribution in [0.3, 0.4) is 0 Å². The third-order valence-corrected chi connectivity index (χ3v) is 13.1. The van der Waals surface area contributed by atoms with E-state index >= 15 is 0 Å². The number of aliphatic imine (C=N–C) groups is 1. The number of pyridine rings is 1. The number of piperidine rings is 2. The average molecular weight is 812 g/mol. The van der Waals surface area contributed by atoms with E-state index in [0.717, 1.165) is 105 Å². The molecule has 1 unspecified atom stereocenters. The number of nitrogens with one attached hydrogen (secondary N) is 2. The summed E-state index contributed by atoms with van der Waals surface area (Å²) in [6.45, 7) is 10.0. The molecule has 2 fully saturated rings. The Balaban J connectivity index is 0.822. The fourth-order valence-electron chi connectivity index (χ4n) is 8.40. The number of aryl methyl sites for hydroxylation is 1. The number of benzene rings is 2. The summed E-state index contributed by atoms with van der Waals surface area (Å²) in [5.41, 5.74) is 8.34. The van der Waals surface area contributed by atoms with Gasteiger partial charge in [0.1, 0.15) is 22.9 Å². The van der Waals surface area contributed by atoms with Crippen molar-refractivity contribution >= 4 is 52.1 Å². The van der Waals surface area contributed by atoms with E-state index in [2.05, 4.69) is 61.2 Å². The normalized spacial score (nSPS) is 19.4. The summed E-state index contributed by atoms with van der Waals surface area (Å²) in [6.07, 6.45) is 4.56. The molecule has 3 aromatic heterocycles. The van der Waals surface area contributed by atoms with Gasteiger partial charge in [-0.25, -0.2) is 0 Å². The lowest BCUT2D eigenvalue weighted by Gasteiger charge is -2.32. The highest BCUT2D eigenvalue weighted by atomic mass is 35.5. The number of hydrogen-bond acceptors (Lipinski definition) is 10. The lowest BCUT2D eigenvalue weighted by molar-refractivity contribution is -0.136. The minimum absolute atomic E-state index is 0.154. The zero-order valence-electron chi connectivity index (χ0n) is 32.5. The van der Waals surface area contributed by atoms with Crippen LogP contribution in [0.25, 0.3) is 5.00 Å². The number of fused-ring (bicyclic) bond motifs is 4. The Morgan fingerprint density at radius 3 is 2.55 bits per heavy atom. The van der Waals surface area contributed by atoms with Crippen molar-refractivity contribution < 1.29 is 14.4 Å². The van der Waals surface area contributed by atoms with Crippen molar-refractivity contribution in [3.05, 3.63) is 121 Å². The molecule has 4 aliphatic rings. The van der Waals surface area contributed by atoms with Gasteiger partial charge in [0.15, 0.2) is 5.82 Å². The Hall–Kier alpha value is -5.68. The molecule has 4 aliphatic heterocycles. The molecule has 0 radical (unpaired) electrons. The molecule has 5 aromatic rings. The van der Waals surface area contributed by atoms with Crippen LogP contribution in [-0.4, -0.2) is 78.7 Å². The van der Waals surface area contributed by atoms with Crippen LogP contribution in [0.4, 0.5) is 5.69 Å². The summed E-state index contributed by atoms with van der Waals surface area (Å²) in [7, 11) is 0. The van der Waals surface area contributed by atoms with Crippen LogP contribution in [0.15, 0.2) is 65.8 Å². The van der Waals surface area contributed by atoms with E-state index < -0.39 is 11.9 Å². The van der Waals surface area contributed by atoms with Gasteiger partial charge in [-0.2, -0.15) is 0 Å². The molecule has 0 spiro atoms. The minimum atomic E-state index is -0.621. The zero-order chi connectivity index (χ0) is 40.1. The van der Waals surface area contributed by atoms with Crippen molar-refractivity contribution in [2.75, 3.05) is 25.0 Å². The van der Waals surface area contributed by atoms with Crippen molar-refractivity contribution in [1.82, 2.24) is 34.9 Å². The maximum atomic E-state index is 13.2. The van der Waals surface area contributed by atoms with Gasteiger partial charge in [-0.3, -0.25) is 39.1 Å². The molecule has 2 atom stereocenters. The van der Waals surface area contributed by atoms with Gasteiger partial charge in [0.25, 0.3) is 5.91 Å². The van der Waals surface area contributed by atoms with E-state index in [9.17, 15) is 14.4 Å². The first-order valence-electron chi connectivity index (χ1n) is 19.7. The smallest absolute Gasteiger partial charge is 0.255 e. The quantitative estimate of drug-likeness (QED) is 0.143. The molecule has 3 amide bonds. The Labute approximate surface area is 345 Å². The molecular weight excluding hydrogens is 770 g/mol.